The summed E-state index contributed by atoms with van der Waals surface area (Å²) >= 11 is 5.47. The third kappa shape index (κ3) is 4.13. The van der Waals surface area contributed by atoms with E-state index in [-0.39, 0.29) is 4.90 Å². The predicted octanol–water partition coefficient (Wildman–Crippen LogP) is 1.90. The van der Waals surface area contributed by atoms with E-state index in [1.165, 1.54) is 16.4 Å². The number of hydrogen-bond donors (Lipinski definition) is 0. The number of nitrogens with zero attached hydrogens (tertiary/aromatic N) is 6. The molecule has 1 aromatic heterocycles. The van der Waals surface area contributed by atoms with Gasteiger partial charge in [-0.2, -0.15) is 8.99 Å². The highest BCUT2D eigenvalue weighted by atomic mass is 32.2. The van der Waals surface area contributed by atoms with Crippen molar-refractivity contribution >= 4 is 22.2 Å². The van der Waals surface area contributed by atoms with Gasteiger partial charge in [0.2, 0.25) is 14.8 Å². The van der Waals surface area contributed by atoms with Crippen LogP contribution in [0.4, 0.5) is 4.39 Å². The van der Waals surface area contributed by atoms with E-state index in [0.717, 1.165) is 17.8 Å². The standard InChI is InChI=1S/C18H19FN6O2S2/c19-15-6-8-17(9-7-15)29(26,27)23-12-10-22(11-13-23)14-24-18(28)25(21-20-24)16-4-2-1-3-5-16/h1-9H,10-14H2. The summed E-state index contributed by atoms with van der Waals surface area (Å²) in [6.07, 6.45) is 0. The number of hydrogen-bond acceptors (Lipinski definition) is 6. The van der Waals surface area contributed by atoms with E-state index in [4.69, 9.17) is 12.2 Å². The zero-order valence-corrected chi connectivity index (χ0v) is 17.1. The lowest BCUT2D eigenvalue weighted by Gasteiger charge is -2.33. The average Bonchev–Trinajstić information content (AvgIpc) is 3.09. The van der Waals surface area contributed by atoms with Crippen molar-refractivity contribution in [1.82, 2.24) is 29.0 Å². The van der Waals surface area contributed by atoms with E-state index in [9.17, 15) is 12.8 Å². The molecule has 0 saturated carbocycles. The summed E-state index contributed by atoms with van der Waals surface area (Å²) in [6.45, 7) is 2.15. The Kier molecular flexibility index (Phi) is 5.54. The quantitative estimate of drug-likeness (QED) is 0.571. The fraction of sp³-hybridized carbons (Fsp3) is 0.278. The normalized spacial score (nSPS) is 16.2. The van der Waals surface area contributed by atoms with Gasteiger partial charge in [-0.3, -0.25) is 4.90 Å². The Labute approximate surface area is 172 Å². The van der Waals surface area contributed by atoms with Crippen LogP contribution in [-0.4, -0.2) is 63.6 Å². The van der Waals surface area contributed by atoms with Crippen LogP contribution in [0, 0.1) is 10.6 Å². The molecule has 1 saturated heterocycles. The van der Waals surface area contributed by atoms with Crippen LogP contribution in [0.1, 0.15) is 0 Å². The Morgan fingerprint density at radius 3 is 2.24 bits per heavy atom. The lowest BCUT2D eigenvalue weighted by Crippen LogP contribution is -2.48. The number of benzene rings is 2. The summed E-state index contributed by atoms with van der Waals surface area (Å²) in [6, 6.07) is 14.4. The topological polar surface area (TPSA) is 76.3 Å². The Hall–Kier alpha value is -2.47. The van der Waals surface area contributed by atoms with Crippen molar-refractivity contribution in [1.29, 1.82) is 0 Å². The Morgan fingerprint density at radius 1 is 0.931 bits per heavy atom. The number of rotatable bonds is 5. The van der Waals surface area contributed by atoms with Crippen LogP contribution in [0.5, 0.6) is 0 Å². The van der Waals surface area contributed by atoms with Gasteiger partial charge in [0.1, 0.15) is 5.82 Å². The van der Waals surface area contributed by atoms with Crippen molar-refractivity contribution in [3.8, 4) is 5.69 Å². The first kappa shape index (κ1) is 19.8. The molecule has 1 fully saturated rings. The molecule has 29 heavy (non-hydrogen) atoms. The molecule has 3 aromatic rings. The Morgan fingerprint density at radius 2 is 1.59 bits per heavy atom. The highest BCUT2D eigenvalue weighted by Crippen LogP contribution is 2.18. The molecule has 2 aromatic carbocycles. The van der Waals surface area contributed by atoms with Crippen molar-refractivity contribution in [2.24, 2.45) is 0 Å². The van der Waals surface area contributed by atoms with Gasteiger partial charge in [0.15, 0.2) is 0 Å². The van der Waals surface area contributed by atoms with Gasteiger partial charge in [-0.15, -0.1) is 0 Å². The fourth-order valence-electron chi connectivity index (χ4n) is 3.15. The second kappa shape index (κ2) is 8.11. The molecule has 152 valence electrons. The van der Waals surface area contributed by atoms with E-state index in [1.54, 1.807) is 9.36 Å². The lowest BCUT2D eigenvalue weighted by molar-refractivity contribution is 0.144. The van der Waals surface area contributed by atoms with Crippen LogP contribution in [0.3, 0.4) is 0 Å². The molecule has 0 spiro atoms. The summed E-state index contributed by atoms with van der Waals surface area (Å²) < 4.78 is 43.6. The number of tetrazole rings is 1. The summed E-state index contributed by atoms with van der Waals surface area (Å²) in [5.41, 5.74) is 0.832. The molecule has 0 bridgehead atoms. The molecule has 1 aliphatic heterocycles. The Bertz CT molecular complexity index is 1140. The molecule has 0 atom stereocenters. The highest BCUT2D eigenvalue weighted by molar-refractivity contribution is 7.89. The van der Waals surface area contributed by atoms with Crippen LogP contribution in [0.2, 0.25) is 0 Å². The van der Waals surface area contributed by atoms with E-state index < -0.39 is 15.8 Å². The van der Waals surface area contributed by atoms with Gasteiger partial charge in [-0.05, 0) is 59.0 Å². The van der Waals surface area contributed by atoms with Gasteiger partial charge in [0.05, 0.1) is 17.3 Å². The third-order valence-electron chi connectivity index (χ3n) is 4.76. The molecular weight excluding hydrogens is 415 g/mol. The summed E-state index contributed by atoms with van der Waals surface area (Å²) in [4.78, 5) is 2.16. The molecular formula is C18H19FN6O2S2. The second-order valence-electron chi connectivity index (χ2n) is 6.63. The maximum absolute atomic E-state index is 13.1. The number of halogens is 1. The number of aromatic nitrogens is 4. The molecule has 0 N–H and O–H groups in total. The van der Waals surface area contributed by atoms with Crippen LogP contribution in [0.25, 0.3) is 5.69 Å². The third-order valence-corrected chi connectivity index (χ3v) is 7.05. The van der Waals surface area contributed by atoms with Gasteiger partial charge < -0.3 is 0 Å². The SMILES string of the molecule is O=S(=O)(c1ccc(F)cc1)N1CCN(Cn2nnn(-c3ccccc3)c2=S)CC1. The molecule has 2 heterocycles. The van der Waals surface area contributed by atoms with Crippen LogP contribution >= 0.6 is 12.2 Å². The number of piperazine rings is 1. The van der Waals surface area contributed by atoms with Gasteiger partial charge in [-0.25, -0.2) is 17.5 Å². The van der Waals surface area contributed by atoms with Crippen molar-refractivity contribution in [3.63, 3.8) is 0 Å². The smallest absolute Gasteiger partial charge is 0.243 e. The van der Waals surface area contributed by atoms with Crippen LogP contribution < -0.4 is 0 Å². The number of sulfonamides is 1. The summed E-state index contributed by atoms with van der Waals surface area (Å²) in [5, 5.41) is 8.24. The molecule has 8 nitrogen and oxygen atoms in total. The summed E-state index contributed by atoms with van der Waals surface area (Å²) in [5.74, 6) is -0.464. The van der Waals surface area contributed by atoms with E-state index >= 15 is 0 Å². The van der Waals surface area contributed by atoms with Gasteiger partial charge in [0.25, 0.3) is 0 Å². The molecule has 0 radical (unpaired) electrons. The summed E-state index contributed by atoms with van der Waals surface area (Å²) in [7, 11) is -3.63. The van der Waals surface area contributed by atoms with Crippen molar-refractivity contribution in [2.45, 2.75) is 11.6 Å². The maximum atomic E-state index is 13.1. The van der Waals surface area contributed by atoms with Crippen LogP contribution in [-0.2, 0) is 16.7 Å². The van der Waals surface area contributed by atoms with Gasteiger partial charge >= 0.3 is 0 Å². The monoisotopic (exact) mass is 434 g/mol. The molecule has 0 amide bonds. The average molecular weight is 435 g/mol. The lowest BCUT2D eigenvalue weighted by atomic mass is 10.3. The van der Waals surface area contributed by atoms with Crippen LogP contribution in [0.15, 0.2) is 59.5 Å². The first-order valence-electron chi connectivity index (χ1n) is 9.01. The largest absolute Gasteiger partial charge is 0.282 e. The first-order valence-corrected chi connectivity index (χ1v) is 10.9. The first-order chi connectivity index (χ1) is 13.9. The Balaban J connectivity index is 1.41. The van der Waals surface area contributed by atoms with Gasteiger partial charge in [0, 0.05) is 26.2 Å². The zero-order valence-electron chi connectivity index (χ0n) is 15.4. The molecule has 1 aliphatic rings. The molecule has 4 rings (SSSR count). The van der Waals surface area contributed by atoms with E-state index in [1.807, 2.05) is 30.3 Å². The zero-order chi connectivity index (χ0) is 20.4. The van der Waals surface area contributed by atoms with Gasteiger partial charge in [-0.1, -0.05) is 18.2 Å². The van der Waals surface area contributed by atoms with E-state index in [0.29, 0.717) is 37.6 Å². The van der Waals surface area contributed by atoms with Crippen molar-refractivity contribution < 1.29 is 12.8 Å². The second-order valence-corrected chi connectivity index (χ2v) is 8.93. The maximum Gasteiger partial charge on any atom is 0.243 e. The van der Waals surface area contributed by atoms with Crippen molar-refractivity contribution in [3.05, 3.63) is 65.2 Å². The van der Waals surface area contributed by atoms with E-state index in [2.05, 4.69) is 15.3 Å². The minimum absolute atomic E-state index is 0.0976. The minimum Gasteiger partial charge on any atom is -0.282 e. The molecule has 11 heteroatoms. The number of para-hydroxylation sites is 1. The molecule has 0 unspecified atom stereocenters. The van der Waals surface area contributed by atoms with Crippen molar-refractivity contribution in [2.75, 3.05) is 26.2 Å². The minimum atomic E-state index is -3.63. The highest BCUT2D eigenvalue weighted by Gasteiger charge is 2.28. The fourth-order valence-corrected chi connectivity index (χ4v) is 4.81. The predicted molar refractivity (Wildman–Crippen MR) is 107 cm³/mol. The molecule has 0 aliphatic carbocycles.